The Morgan fingerprint density at radius 1 is 1.64 bits per heavy atom. The lowest BCUT2D eigenvalue weighted by Gasteiger charge is -2.17. The summed E-state index contributed by atoms with van der Waals surface area (Å²) < 4.78 is 11.9. The molecule has 2 atom stereocenters. The fraction of sp³-hybridized carbons (Fsp3) is 1.00. The summed E-state index contributed by atoms with van der Waals surface area (Å²) in [4.78, 5) is 2.12. The maximum absolute atomic E-state index is 11.9. The van der Waals surface area contributed by atoms with Crippen molar-refractivity contribution in [3.8, 4) is 0 Å². The van der Waals surface area contributed by atoms with Crippen LogP contribution in [0.25, 0.3) is 0 Å². The van der Waals surface area contributed by atoms with Crippen LogP contribution in [0.4, 0.5) is 4.39 Å². The fourth-order valence-corrected chi connectivity index (χ4v) is 2.24. The molecule has 2 rings (SSSR count). The summed E-state index contributed by atoms with van der Waals surface area (Å²) in [6.07, 6.45) is 1.16. The van der Waals surface area contributed by atoms with Gasteiger partial charge in [-0.1, -0.05) is 0 Å². The molecule has 0 aromatic heterocycles. The first kappa shape index (κ1) is 7.50. The van der Waals surface area contributed by atoms with E-state index in [2.05, 4.69) is 4.90 Å². The zero-order chi connectivity index (χ0) is 7.90. The highest BCUT2D eigenvalue weighted by Crippen LogP contribution is 2.57. The van der Waals surface area contributed by atoms with E-state index in [0.29, 0.717) is 19.1 Å². The van der Waals surface area contributed by atoms with Crippen molar-refractivity contribution < 1.29 is 9.50 Å². The first-order chi connectivity index (χ1) is 5.30. The highest BCUT2D eigenvalue weighted by molar-refractivity contribution is 5.09. The lowest BCUT2D eigenvalue weighted by molar-refractivity contribution is 0.182. The lowest BCUT2D eigenvalue weighted by atomic mass is 10.1. The van der Waals surface area contributed by atoms with Crippen LogP contribution in [0.3, 0.4) is 0 Å². The molecule has 0 aromatic carbocycles. The molecule has 0 amide bonds. The largest absolute Gasteiger partial charge is 0.396 e. The predicted octanol–water partition coefficient (Wildman–Crippen LogP) is 0.270. The van der Waals surface area contributed by atoms with Gasteiger partial charge in [-0.25, -0.2) is 4.39 Å². The molecule has 1 N–H and O–H groups in total. The molecule has 1 aliphatic heterocycles. The number of aliphatic hydroxyl groups is 1. The number of halogens is 1. The Labute approximate surface area is 66.0 Å². The molecule has 3 heteroatoms. The second kappa shape index (κ2) is 2.42. The third-order valence-electron chi connectivity index (χ3n) is 3.09. The second-order valence-electron chi connectivity index (χ2n) is 3.85. The molecule has 2 nitrogen and oxygen atoms in total. The minimum Gasteiger partial charge on any atom is -0.396 e. The number of fused-ring (bicyclic) bond motifs is 1. The van der Waals surface area contributed by atoms with Crippen LogP contribution in [-0.4, -0.2) is 42.9 Å². The maximum Gasteiger partial charge on any atom is 0.102 e. The average molecular weight is 159 g/mol. The molecule has 0 radical (unpaired) electrons. The van der Waals surface area contributed by atoms with Crippen molar-refractivity contribution in [1.82, 2.24) is 4.90 Å². The summed E-state index contributed by atoms with van der Waals surface area (Å²) in [5.41, 5.74) is 0.190. The van der Waals surface area contributed by atoms with E-state index >= 15 is 0 Å². The monoisotopic (exact) mass is 159 g/mol. The minimum atomic E-state index is -0.256. The Hall–Kier alpha value is -0.150. The molecule has 1 heterocycles. The molecule has 0 spiro atoms. The van der Waals surface area contributed by atoms with Crippen LogP contribution in [0.1, 0.15) is 6.42 Å². The molecular weight excluding hydrogens is 145 g/mol. The molecule has 2 aliphatic rings. The summed E-state index contributed by atoms with van der Waals surface area (Å²) in [6.45, 7) is 2.51. The molecule has 1 saturated heterocycles. The SMILES string of the molecule is OCC12CC1CN(CCF)C2. The van der Waals surface area contributed by atoms with Crippen molar-refractivity contribution in [2.45, 2.75) is 6.42 Å². The molecule has 2 fully saturated rings. The van der Waals surface area contributed by atoms with Gasteiger partial charge >= 0.3 is 0 Å². The van der Waals surface area contributed by atoms with Crippen LogP contribution < -0.4 is 0 Å². The van der Waals surface area contributed by atoms with Gasteiger partial charge < -0.3 is 5.11 Å². The Morgan fingerprint density at radius 3 is 3.00 bits per heavy atom. The van der Waals surface area contributed by atoms with Crippen LogP contribution in [-0.2, 0) is 0 Å². The predicted molar refractivity (Wildman–Crippen MR) is 40.0 cm³/mol. The van der Waals surface area contributed by atoms with Crippen LogP contribution in [0.5, 0.6) is 0 Å². The lowest BCUT2D eigenvalue weighted by Crippen LogP contribution is -2.28. The van der Waals surface area contributed by atoms with Gasteiger partial charge in [0.05, 0.1) is 6.61 Å². The van der Waals surface area contributed by atoms with Gasteiger partial charge in [-0.3, -0.25) is 4.90 Å². The molecule has 0 aromatic rings. The van der Waals surface area contributed by atoms with Crippen molar-refractivity contribution in [2.75, 3.05) is 32.9 Å². The van der Waals surface area contributed by atoms with Gasteiger partial charge in [-0.15, -0.1) is 0 Å². The van der Waals surface area contributed by atoms with E-state index < -0.39 is 0 Å². The van der Waals surface area contributed by atoms with E-state index in [1.807, 2.05) is 0 Å². The number of likely N-dealkylation sites (tertiary alicyclic amines) is 1. The zero-order valence-electron chi connectivity index (χ0n) is 6.59. The number of nitrogens with zero attached hydrogens (tertiary/aromatic N) is 1. The third-order valence-corrected chi connectivity index (χ3v) is 3.09. The maximum atomic E-state index is 11.9. The van der Waals surface area contributed by atoms with E-state index in [0.717, 1.165) is 19.5 Å². The van der Waals surface area contributed by atoms with Crippen molar-refractivity contribution in [1.29, 1.82) is 0 Å². The molecule has 2 unspecified atom stereocenters. The van der Waals surface area contributed by atoms with Crippen LogP contribution in [0, 0.1) is 11.3 Å². The Kier molecular flexibility index (Phi) is 1.65. The average Bonchev–Trinajstić information content (AvgIpc) is 2.57. The Balaban J connectivity index is 1.87. The minimum absolute atomic E-state index is 0.190. The van der Waals surface area contributed by atoms with Gasteiger partial charge in [0.2, 0.25) is 0 Å². The standard InChI is InChI=1S/C8H14FNO/c9-1-2-10-4-7-3-8(7,5-10)6-11/h7,11H,1-6H2. The summed E-state index contributed by atoms with van der Waals surface area (Å²) >= 11 is 0. The molecule has 64 valence electrons. The number of alkyl halides is 1. The summed E-state index contributed by atoms with van der Waals surface area (Å²) in [6, 6.07) is 0. The van der Waals surface area contributed by atoms with Crippen LogP contribution in [0.15, 0.2) is 0 Å². The molecule has 11 heavy (non-hydrogen) atoms. The van der Waals surface area contributed by atoms with Gasteiger partial charge in [0.1, 0.15) is 6.67 Å². The summed E-state index contributed by atoms with van der Waals surface area (Å²) in [5.74, 6) is 0.666. The number of hydrogen-bond donors (Lipinski definition) is 1. The number of aliphatic hydroxyl groups excluding tert-OH is 1. The third kappa shape index (κ3) is 1.07. The first-order valence-electron chi connectivity index (χ1n) is 4.20. The van der Waals surface area contributed by atoms with Crippen molar-refractivity contribution in [2.24, 2.45) is 11.3 Å². The number of hydrogen-bond acceptors (Lipinski definition) is 2. The number of rotatable bonds is 3. The zero-order valence-corrected chi connectivity index (χ0v) is 6.59. The van der Waals surface area contributed by atoms with Gasteiger partial charge in [0.25, 0.3) is 0 Å². The Morgan fingerprint density at radius 2 is 2.45 bits per heavy atom. The first-order valence-corrected chi connectivity index (χ1v) is 4.20. The van der Waals surface area contributed by atoms with E-state index in [9.17, 15) is 4.39 Å². The topological polar surface area (TPSA) is 23.5 Å². The van der Waals surface area contributed by atoms with Gasteiger partial charge in [0, 0.05) is 25.0 Å². The van der Waals surface area contributed by atoms with Crippen molar-refractivity contribution in [3.05, 3.63) is 0 Å². The van der Waals surface area contributed by atoms with E-state index in [4.69, 9.17) is 5.11 Å². The summed E-state index contributed by atoms with van der Waals surface area (Å²) in [5, 5.41) is 9.03. The van der Waals surface area contributed by atoms with Gasteiger partial charge in [-0.2, -0.15) is 0 Å². The molecule has 0 bridgehead atoms. The van der Waals surface area contributed by atoms with E-state index in [1.165, 1.54) is 0 Å². The highest BCUT2D eigenvalue weighted by Gasteiger charge is 2.58. The second-order valence-corrected chi connectivity index (χ2v) is 3.85. The normalized spacial score (nSPS) is 42.5. The van der Waals surface area contributed by atoms with E-state index in [1.54, 1.807) is 0 Å². The molecular formula is C8H14FNO. The van der Waals surface area contributed by atoms with Crippen molar-refractivity contribution in [3.63, 3.8) is 0 Å². The van der Waals surface area contributed by atoms with Gasteiger partial charge in [0.15, 0.2) is 0 Å². The highest BCUT2D eigenvalue weighted by atomic mass is 19.1. The van der Waals surface area contributed by atoms with Gasteiger partial charge in [-0.05, 0) is 12.3 Å². The van der Waals surface area contributed by atoms with Crippen LogP contribution >= 0.6 is 0 Å². The quantitative estimate of drug-likeness (QED) is 0.639. The summed E-state index contributed by atoms with van der Waals surface area (Å²) in [7, 11) is 0. The molecule has 1 aliphatic carbocycles. The molecule has 1 saturated carbocycles. The number of piperidine rings is 1. The smallest absolute Gasteiger partial charge is 0.102 e. The van der Waals surface area contributed by atoms with E-state index in [-0.39, 0.29) is 12.1 Å². The van der Waals surface area contributed by atoms with Crippen molar-refractivity contribution >= 4 is 0 Å². The van der Waals surface area contributed by atoms with Crippen LogP contribution in [0.2, 0.25) is 0 Å². The fourth-order valence-electron chi connectivity index (χ4n) is 2.24. The Bertz CT molecular complexity index is 160.